The van der Waals surface area contributed by atoms with Crippen LogP contribution >= 0.6 is 24.8 Å². The number of hydrogen-bond donors (Lipinski definition) is 1. The van der Waals surface area contributed by atoms with Crippen LogP contribution in [0.15, 0.2) is 71.4 Å². The predicted octanol–water partition coefficient (Wildman–Crippen LogP) is 3.68. The normalized spacial score (nSPS) is 15.7. The van der Waals surface area contributed by atoms with E-state index in [0.717, 1.165) is 12.1 Å². The van der Waals surface area contributed by atoms with E-state index in [0.29, 0.717) is 37.0 Å². The molecule has 8 heteroatoms. The molecular formula is C21H23Cl2N3O3. The lowest BCUT2D eigenvalue weighted by atomic mass is 10.2. The number of hydrogen-bond acceptors (Lipinski definition) is 5. The molecule has 1 N–H and O–H groups in total. The number of furan rings is 1. The van der Waals surface area contributed by atoms with Gasteiger partial charge in [0.15, 0.2) is 5.76 Å². The van der Waals surface area contributed by atoms with Gasteiger partial charge in [-0.1, -0.05) is 30.3 Å². The zero-order valence-corrected chi connectivity index (χ0v) is 17.3. The van der Waals surface area contributed by atoms with E-state index in [9.17, 15) is 4.79 Å². The highest BCUT2D eigenvalue weighted by Crippen LogP contribution is 2.23. The van der Waals surface area contributed by atoms with Crippen LogP contribution in [0.4, 0.5) is 0 Å². The molecule has 0 bridgehead atoms. The van der Waals surface area contributed by atoms with Gasteiger partial charge in [-0.3, -0.25) is 9.78 Å². The van der Waals surface area contributed by atoms with Crippen molar-refractivity contribution in [1.29, 1.82) is 0 Å². The van der Waals surface area contributed by atoms with Gasteiger partial charge in [-0.15, -0.1) is 24.8 Å². The van der Waals surface area contributed by atoms with Crippen LogP contribution in [-0.2, 0) is 0 Å². The van der Waals surface area contributed by atoms with Crippen molar-refractivity contribution in [3.8, 4) is 17.1 Å². The van der Waals surface area contributed by atoms with E-state index in [1.54, 1.807) is 18.5 Å². The van der Waals surface area contributed by atoms with Gasteiger partial charge in [0, 0.05) is 31.4 Å². The Hall–Kier alpha value is -2.54. The lowest BCUT2D eigenvalue weighted by Crippen LogP contribution is -2.55. The highest BCUT2D eigenvalue weighted by atomic mass is 35.5. The van der Waals surface area contributed by atoms with E-state index < -0.39 is 0 Å². The zero-order chi connectivity index (χ0) is 18.5. The summed E-state index contributed by atoms with van der Waals surface area (Å²) in [6.45, 7) is 2.44. The van der Waals surface area contributed by atoms with Gasteiger partial charge in [-0.2, -0.15) is 0 Å². The minimum absolute atomic E-state index is 0. The van der Waals surface area contributed by atoms with Crippen molar-refractivity contribution in [3.63, 3.8) is 0 Å². The number of rotatable bonds is 5. The van der Waals surface area contributed by atoms with Crippen molar-refractivity contribution in [2.45, 2.75) is 6.04 Å². The molecule has 4 rings (SSSR count). The summed E-state index contributed by atoms with van der Waals surface area (Å²) in [6, 6.07) is 17.0. The summed E-state index contributed by atoms with van der Waals surface area (Å²) in [5.74, 6) is 1.62. The van der Waals surface area contributed by atoms with E-state index >= 15 is 0 Å². The van der Waals surface area contributed by atoms with Crippen molar-refractivity contribution in [2.24, 2.45) is 0 Å². The fraction of sp³-hybridized carbons (Fsp3) is 0.238. The van der Waals surface area contributed by atoms with Gasteiger partial charge in [0.25, 0.3) is 5.91 Å². The number of carbonyl (C=O) groups is 1. The topological polar surface area (TPSA) is 67.6 Å². The molecule has 29 heavy (non-hydrogen) atoms. The second-order valence-corrected chi connectivity index (χ2v) is 6.39. The third kappa shape index (κ3) is 5.50. The number of nitrogens with one attached hydrogen (secondary N) is 1. The highest BCUT2D eigenvalue weighted by Gasteiger charge is 2.29. The molecule has 1 aliphatic heterocycles. The van der Waals surface area contributed by atoms with E-state index in [4.69, 9.17) is 9.15 Å². The minimum atomic E-state index is -0.113. The third-order valence-electron chi connectivity index (χ3n) is 4.56. The van der Waals surface area contributed by atoms with Crippen molar-refractivity contribution in [1.82, 2.24) is 15.2 Å². The van der Waals surface area contributed by atoms with Crippen molar-refractivity contribution < 1.29 is 13.9 Å². The maximum Gasteiger partial charge on any atom is 0.290 e. The van der Waals surface area contributed by atoms with Gasteiger partial charge in [0.05, 0.1) is 12.2 Å². The second-order valence-electron chi connectivity index (χ2n) is 6.39. The number of ether oxygens (including phenoxy) is 1. The first kappa shape index (κ1) is 22.7. The Labute approximate surface area is 182 Å². The number of piperazine rings is 1. The number of amides is 1. The Morgan fingerprint density at radius 2 is 1.97 bits per heavy atom. The van der Waals surface area contributed by atoms with Crippen LogP contribution in [0.2, 0.25) is 0 Å². The van der Waals surface area contributed by atoms with Crippen LogP contribution in [0.25, 0.3) is 11.3 Å². The first-order chi connectivity index (χ1) is 13.3. The van der Waals surface area contributed by atoms with Gasteiger partial charge in [-0.05, 0) is 24.3 Å². The number of aromatic nitrogens is 1. The number of benzene rings is 1. The molecule has 2 aromatic heterocycles. The molecule has 6 nitrogen and oxygen atoms in total. The summed E-state index contributed by atoms with van der Waals surface area (Å²) in [7, 11) is 0. The molecule has 1 aromatic carbocycles. The summed E-state index contributed by atoms with van der Waals surface area (Å²) in [4.78, 5) is 18.9. The summed E-state index contributed by atoms with van der Waals surface area (Å²) < 4.78 is 11.6. The largest absolute Gasteiger partial charge is 0.490 e. The van der Waals surface area contributed by atoms with Crippen LogP contribution in [0.3, 0.4) is 0 Å². The molecule has 1 saturated heterocycles. The Kier molecular flexibility index (Phi) is 8.51. The molecule has 0 saturated carbocycles. The van der Waals surface area contributed by atoms with Crippen molar-refractivity contribution in [3.05, 3.63) is 72.8 Å². The summed E-state index contributed by atoms with van der Waals surface area (Å²) in [6.07, 6.45) is 3.37. The third-order valence-corrected chi connectivity index (χ3v) is 4.56. The summed E-state index contributed by atoms with van der Waals surface area (Å²) in [5.41, 5.74) is 0.952. The van der Waals surface area contributed by atoms with Gasteiger partial charge < -0.3 is 19.4 Å². The summed E-state index contributed by atoms with van der Waals surface area (Å²) >= 11 is 0. The molecule has 154 valence electrons. The smallest absolute Gasteiger partial charge is 0.290 e. The molecular weight excluding hydrogens is 413 g/mol. The molecule has 1 atom stereocenters. The SMILES string of the molecule is Cl.Cl.O=C(c1ccc(-c2ccccc2)o1)N1CCNC[C@H]1COc1cccnc1. The Morgan fingerprint density at radius 1 is 1.14 bits per heavy atom. The average molecular weight is 436 g/mol. The van der Waals surface area contributed by atoms with Gasteiger partial charge >= 0.3 is 0 Å². The standard InChI is InChI=1S/C21H21N3O3.2ClH/c25-21(20-9-8-19(27-20)16-5-2-1-3-6-16)24-12-11-23-13-17(24)15-26-18-7-4-10-22-14-18;;/h1-10,14,17,23H,11-13,15H2;2*1H/t17-;;/m0../s1. The van der Waals surface area contributed by atoms with Crippen LogP contribution in [-0.4, -0.2) is 48.1 Å². The summed E-state index contributed by atoms with van der Waals surface area (Å²) in [5, 5.41) is 3.32. The van der Waals surface area contributed by atoms with E-state index in [2.05, 4.69) is 10.3 Å². The minimum Gasteiger partial charge on any atom is -0.490 e. The molecule has 0 spiro atoms. The maximum absolute atomic E-state index is 13.0. The monoisotopic (exact) mass is 435 g/mol. The van der Waals surface area contributed by atoms with Crippen molar-refractivity contribution in [2.75, 3.05) is 26.2 Å². The van der Waals surface area contributed by atoms with Gasteiger partial charge in [0.1, 0.15) is 18.1 Å². The lowest BCUT2D eigenvalue weighted by molar-refractivity contribution is 0.0529. The van der Waals surface area contributed by atoms with Crippen LogP contribution in [0, 0.1) is 0 Å². The number of carbonyl (C=O) groups excluding carboxylic acids is 1. The fourth-order valence-corrected chi connectivity index (χ4v) is 3.15. The average Bonchev–Trinajstić information content (AvgIpc) is 3.24. The molecule has 0 aliphatic carbocycles. The van der Waals surface area contributed by atoms with E-state index in [1.165, 1.54) is 0 Å². The number of pyridine rings is 1. The Bertz CT molecular complexity index is 890. The number of nitrogens with zero attached hydrogens (tertiary/aromatic N) is 2. The zero-order valence-electron chi connectivity index (χ0n) is 15.7. The molecule has 3 heterocycles. The van der Waals surface area contributed by atoms with Gasteiger partial charge in [0.2, 0.25) is 0 Å². The first-order valence-electron chi connectivity index (χ1n) is 9.01. The molecule has 1 fully saturated rings. The highest BCUT2D eigenvalue weighted by molar-refractivity contribution is 5.92. The Balaban J connectivity index is 0.00000150. The van der Waals surface area contributed by atoms with E-state index in [-0.39, 0.29) is 36.8 Å². The van der Waals surface area contributed by atoms with Crippen LogP contribution < -0.4 is 10.1 Å². The fourth-order valence-electron chi connectivity index (χ4n) is 3.15. The number of halogens is 2. The Morgan fingerprint density at radius 3 is 2.72 bits per heavy atom. The quantitative estimate of drug-likeness (QED) is 0.661. The molecule has 0 unspecified atom stereocenters. The molecule has 0 radical (unpaired) electrons. The van der Waals surface area contributed by atoms with Crippen LogP contribution in [0.5, 0.6) is 5.75 Å². The van der Waals surface area contributed by atoms with Crippen molar-refractivity contribution >= 4 is 30.7 Å². The second kappa shape index (κ2) is 10.9. The van der Waals surface area contributed by atoms with Gasteiger partial charge in [-0.25, -0.2) is 0 Å². The molecule has 1 aliphatic rings. The predicted molar refractivity (Wildman–Crippen MR) is 116 cm³/mol. The first-order valence-corrected chi connectivity index (χ1v) is 9.01. The molecule has 1 amide bonds. The molecule has 3 aromatic rings. The van der Waals surface area contributed by atoms with Crippen LogP contribution in [0.1, 0.15) is 10.6 Å². The van der Waals surface area contributed by atoms with E-state index in [1.807, 2.05) is 53.4 Å². The lowest BCUT2D eigenvalue weighted by Gasteiger charge is -2.35. The maximum atomic E-state index is 13.0.